The molecule has 0 aliphatic carbocycles. The summed E-state index contributed by atoms with van der Waals surface area (Å²) >= 11 is 0. The van der Waals surface area contributed by atoms with Gasteiger partial charge in [0.1, 0.15) is 23.6 Å². The highest BCUT2D eigenvalue weighted by Crippen LogP contribution is 2.26. The number of carbonyl (C=O) groups excluding carboxylic acids is 2. The van der Waals surface area contributed by atoms with Gasteiger partial charge in [-0.2, -0.15) is 0 Å². The van der Waals surface area contributed by atoms with Crippen LogP contribution < -0.4 is 21.5 Å². The largest absolute Gasteiger partial charge is 0.467 e. The molecule has 6 rings (SSSR count). The van der Waals surface area contributed by atoms with Gasteiger partial charge in [0.15, 0.2) is 5.65 Å². The smallest absolute Gasteiger partial charge is 0.337 e. The van der Waals surface area contributed by atoms with Crippen molar-refractivity contribution in [2.24, 2.45) is 7.05 Å². The number of aryl methyl sites for hydroxylation is 2. The molecule has 1 aliphatic heterocycles. The fourth-order valence-corrected chi connectivity index (χ4v) is 5.78. The van der Waals surface area contributed by atoms with Crippen LogP contribution in [0.3, 0.4) is 0 Å². The van der Waals surface area contributed by atoms with E-state index in [4.69, 9.17) is 9.47 Å². The van der Waals surface area contributed by atoms with Crippen LogP contribution in [0, 0.1) is 12.7 Å². The highest BCUT2D eigenvalue weighted by Gasteiger charge is 2.27. The van der Waals surface area contributed by atoms with E-state index in [9.17, 15) is 28.0 Å². The highest BCUT2D eigenvalue weighted by atomic mass is 19.3. The predicted octanol–water partition coefficient (Wildman–Crippen LogP) is 4.12. The van der Waals surface area contributed by atoms with E-state index >= 15 is 4.39 Å². The van der Waals surface area contributed by atoms with Gasteiger partial charge in [-0.1, -0.05) is 26.0 Å². The second kappa shape index (κ2) is 17.5. The first-order valence-electron chi connectivity index (χ1n) is 16.5. The van der Waals surface area contributed by atoms with E-state index < -0.39 is 41.4 Å². The Morgan fingerprint density at radius 3 is 2.40 bits per heavy atom. The minimum Gasteiger partial charge on any atom is -0.467 e. The van der Waals surface area contributed by atoms with Crippen LogP contribution in [0.25, 0.3) is 27.6 Å². The van der Waals surface area contributed by atoms with Crippen molar-refractivity contribution in [1.29, 1.82) is 0 Å². The van der Waals surface area contributed by atoms with Crippen molar-refractivity contribution in [3.05, 3.63) is 98.5 Å². The number of esters is 1. The maximum absolute atomic E-state index is 15.4. The van der Waals surface area contributed by atoms with E-state index in [0.29, 0.717) is 54.0 Å². The number of rotatable bonds is 7. The van der Waals surface area contributed by atoms with Gasteiger partial charge >= 0.3 is 11.7 Å². The molecule has 0 unspecified atom stereocenters. The molecule has 1 atom stereocenters. The molecule has 1 fully saturated rings. The third-order valence-electron chi connectivity index (χ3n) is 8.09. The number of pyridine rings is 1. The quantitative estimate of drug-likeness (QED) is 0.243. The number of carbonyl (C=O) groups is 2. The summed E-state index contributed by atoms with van der Waals surface area (Å²) in [4.78, 5) is 67.6. The average Bonchev–Trinajstić information content (AvgIpc) is 3.14. The van der Waals surface area contributed by atoms with Gasteiger partial charge in [-0.25, -0.2) is 37.3 Å². The Balaban J connectivity index is 0.000000944. The van der Waals surface area contributed by atoms with Crippen LogP contribution in [0.2, 0.25) is 0 Å². The lowest BCUT2D eigenvalue weighted by atomic mass is 9.99. The molecule has 4 heterocycles. The number of amides is 1. The molecule has 13 nitrogen and oxygen atoms in total. The molecule has 5 aromatic rings. The van der Waals surface area contributed by atoms with E-state index in [1.165, 1.54) is 43.5 Å². The molecule has 1 aliphatic rings. The van der Waals surface area contributed by atoms with Gasteiger partial charge in [-0.3, -0.25) is 19.1 Å². The minimum atomic E-state index is -2.17. The van der Waals surface area contributed by atoms with E-state index in [0.717, 1.165) is 11.5 Å². The van der Waals surface area contributed by atoms with Crippen molar-refractivity contribution in [1.82, 2.24) is 29.4 Å². The Kier molecular flexibility index (Phi) is 13.2. The molecule has 1 amide bonds. The Hall–Kier alpha value is -5.64. The summed E-state index contributed by atoms with van der Waals surface area (Å²) in [6.45, 7) is 8.74. The first-order valence-corrected chi connectivity index (χ1v) is 16.5. The van der Waals surface area contributed by atoms with Crippen LogP contribution in [0.5, 0.6) is 0 Å². The molecule has 2 aromatic carbocycles. The molecular formula is C36H40F3N7O6. The van der Waals surface area contributed by atoms with Gasteiger partial charge in [0.05, 0.1) is 37.1 Å². The molecule has 52 heavy (non-hydrogen) atoms. The molecule has 1 N–H and O–H groups in total. The van der Waals surface area contributed by atoms with Crippen LogP contribution in [0.1, 0.15) is 42.3 Å². The number of benzene rings is 2. The number of nitrogens with one attached hydrogen (secondary N) is 1. The van der Waals surface area contributed by atoms with Crippen LogP contribution in [-0.4, -0.2) is 81.8 Å². The van der Waals surface area contributed by atoms with Crippen molar-refractivity contribution in [2.45, 2.75) is 46.6 Å². The molecule has 3 aromatic heterocycles. The highest BCUT2D eigenvalue weighted by molar-refractivity contribution is 5.99. The van der Waals surface area contributed by atoms with E-state index in [1.54, 1.807) is 37.3 Å². The normalized spacial score (nSPS) is 13.2. The van der Waals surface area contributed by atoms with Gasteiger partial charge < -0.3 is 19.7 Å². The number of morpholine rings is 1. The summed E-state index contributed by atoms with van der Waals surface area (Å²) in [5, 5.41) is 3.31. The topological polar surface area (TPSA) is 151 Å². The zero-order chi connectivity index (χ0) is 38.1. The van der Waals surface area contributed by atoms with Crippen molar-refractivity contribution < 1.29 is 32.2 Å². The van der Waals surface area contributed by atoms with Crippen LogP contribution in [0.4, 0.5) is 18.9 Å². The number of alkyl halides is 2. The second-order valence-corrected chi connectivity index (χ2v) is 11.4. The fraction of sp³-hybridized carbons (Fsp3) is 0.361. The van der Waals surface area contributed by atoms with Gasteiger partial charge in [-0.15, -0.1) is 0 Å². The fourth-order valence-electron chi connectivity index (χ4n) is 5.78. The van der Waals surface area contributed by atoms with E-state index in [1.807, 2.05) is 18.7 Å². The first-order chi connectivity index (χ1) is 24.9. The predicted molar refractivity (Wildman–Crippen MR) is 190 cm³/mol. The Labute approximate surface area is 297 Å². The lowest BCUT2D eigenvalue weighted by Gasteiger charge is -2.29. The third-order valence-corrected chi connectivity index (χ3v) is 8.09. The zero-order valence-corrected chi connectivity index (χ0v) is 29.7. The minimum absolute atomic E-state index is 0.0497. The van der Waals surface area contributed by atoms with Crippen LogP contribution in [0.15, 0.2) is 64.7 Å². The van der Waals surface area contributed by atoms with Gasteiger partial charge in [-0.05, 0) is 49.2 Å². The number of halogens is 3. The van der Waals surface area contributed by atoms with Crippen LogP contribution >= 0.6 is 0 Å². The molecule has 1 saturated heterocycles. The average molecular weight is 724 g/mol. The number of aromatic nitrogens is 5. The Morgan fingerprint density at radius 1 is 1.06 bits per heavy atom. The molecular weight excluding hydrogens is 683 g/mol. The second-order valence-electron chi connectivity index (χ2n) is 11.4. The number of methoxy groups -OCH3 is 1. The van der Waals surface area contributed by atoms with Crippen molar-refractivity contribution in [3.63, 3.8) is 0 Å². The molecule has 0 spiro atoms. The van der Waals surface area contributed by atoms with Crippen molar-refractivity contribution in [2.75, 3.05) is 38.3 Å². The number of ether oxygens (including phenoxy) is 2. The summed E-state index contributed by atoms with van der Waals surface area (Å²) in [6, 6.07) is 8.44. The summed E-state index contributed by atoms with van der Waals surface area (Å²) < 4.78 is 48.6. The van der Waals surface area contributed by atoms with Crippen molar-refractivity contribution in [3.8, 4) is 5.69 Å². The Morgan fingerprint density at radius 2 is 1.75 bits per heavy atom. The maximum Gasteiger partial charge on any atom is 0.337 e. The van der Waals surface area contributed by atoms with Crippen LogP contribution in [-0.2, 0) is 27.7 Å². The van der Waals surface area contributed by atoms with Gasteiger partial charge in [0.25, 0.3) is 11.5 Å². The monoisotopic (exact) mass is 723 g/mol. The SMILES string of the molecule is CC.CC(F)F.COC(=O)[C@H](Cc1ccc(-n2c(=O)c3cncnc3n(C)c2=O)c2ncccc12)NC(=O)c1c(C)cc(N2CCOCC2)cc1F. The van der Waals surface area contributed by atoms with E-state index in [2.05, 4.69) is 20.3 Å². The molecule has 16 heteroatoms. The number of hydrogen-bond acceptors (Lipinski definition) is 10. The number of fused-ring (bicyclic) bond motifs is 2. The molecule has 276 valence electrons. The van der Waals surface area contributed by atoms with Gasteiger partial charge in [0.2, 0.25) is 6.43 Å². The molecule has 0 bridgehead atoms. The number of hydrogen-bond donors (Lipinski definition) is 1. The first kappa shape index (κ1) is 39.2. The lowest BCUT2D eigenvalue weighted by Crippen LogP contribution is -2.43. The standard InChI is InChI=1S/C32H30FN7O6.C2H4F2.C2H6/c1-18-13-20(39-9-11-46-12-10-39)15-23(33)26(18)29(41)37-24(31(43)45-3)14-19-6-7-25(27-21(19)5-4-8-35-27)40-30(42)22-16-34-17-36-28(22)38(2)32(40)44;1-2(3)4;1-2/h4-8,13,15-17,24H,9-12,14H2,1-3H3,(H,37,41);2H,1H3;1-2H3/t24-;;/m0../s1. The number of anilines is 1. The van der Waals surface area contributed by atoms with Gasteiger partial charge in [0, 0.05) is 50.0 Å². The maximum atomic E-state index is 15.4. The Bertz CT molecular complexity index is 2160. The lowest BCUT2D eigenvalue weighted by molar-refractivity contribution is -0.142. The molecule has 0 saturated carbocycles. The zero-order valence-electron chi connectivity index (χ0n) is 29.7. The third kappa shape index (κ3) is 8.45. The molecule has 0 radical (unpaired) electrons. The summed E-state index contributed by atoms with van der Waals surface area (Å²) in [6.07, 6.45) is 1.89. The summed E-state index contributed by atoms with van der Waals surface area (Å²) in [5.41, 5.74) is 0.913. The summed E-state index contributed by atoms with van der Waals surface area (Å²) in [5.74, 6) is -2.22. The summed E-state index contributed by atoms with van der Waals surface area (Å²) in [7, 11) is 2.70. The van der Waals surface area contributed by atoms with Crippen molar-refractivity contribution >= 4 is 39.5 Å². The van der Waals surface area contributed by atoms with E-state index in [-0.39, 0.29) is 28.7 Å². The number of nitrogens with zero attached hydrogens (tertiary/aromatic N) is 6.